The molecule has 1 unspecified atom stereocenters. The maximum absolute atomic E-state index is 10.1. The van der Waals surface area contributed by atoms with E-state index in [1.165, 1.54) is 12.1 Å². The van der Waals surface area contributed by atoms with Gasteiger partial charge in [0.05, 0.1) is 6.10 Å². The highest BCUT2D eigenvalue weighted by atomic mass is 16.3. The molecule has 4 N–H and O–H groups in total. The van der Waals surface area contributed by atoms with Gasteiger partial charge in [-0.25, -0.2) is 0 Å². The molecule has 1 aliphatic rings. The molecule has 0 aliphatic carbocycles. The minimum Gasteiger partial charge on any atom is -0.504 e. The van der Waals surface area contributed by atoms with Crippen LogP contribution >= 0.6 is 0 Å². The summed E-state index contributed by atoms with van der Waals surface area (Å²) in [5.74, 6) is -0.347. The smallest absolute Gasteiger partial charge is 0.157 e. The number of aliphatic hydroxyl groups excluding tert-OH is 1. The number of hydrogen-bond acceptors (Lipinski definition) is 4. The largest absolute Gasteiger partial charge is 0.504 e. The van der Waals surface area contributed by atoms with E-state index >= 15 is 0 Å². The zero-order valence-electron chi connectivity index (χ0n) is 9.06. The summed E-state index contributed by atoms with van der Waals surface area (Å²) in [4.78, 5) is 0. The van der Waals surface area contributed by atoms with Crippen LogP contribution in [-0.2, 0) is 0 Å². The maximum atomic E-state index is 10.1. The fraction of sp³-hybridized carbons (Fsp3) is 0.500. The number of aliphatic hydroxyl groups is 1. The lowest BCUT2D eigenvalue weighted by Crippen LogP contribution is -2.38. The maximum Gasteiger partial charge on any atom is 0.157 e. The van der Waals surface area contributed by atoms with E-state index in [2.05, 4.69) is 5.32 Å². The molecule has 88 valence electrons. The fourth-order valence-corrected chi connectivity index (χ4v) is 2.11. The highest BCUT2D eigenvalue weighted by Crippen LogP contribution is 2.30. The van der Waals surface area contributed by atoms with Crippen molar-refractivity contribution < 1.29 is 15.3 Å². The monoisotopic (exact) mass is 223 g/mol. The molecule has 0 spiro atoms. The summed E-state index contributed by atoms with van der Waals surface area (Å²) in [6, 6.07) is 4.49. The Balaban J connectivity index is 2.12. The summed E-state index contributed by atoms with van der Waals surface area (Å²) in [6.45, 7) is 0.922. The number of aromatic hydroxyl groups is 2. The molecule has 1 aromatic carbocycles. The molecule has 1 saturated heterocycles. The van der Waals surface area contributed by atoms with Crippen molar-refractivity contribution in [2.24, 2.45) is 0 Å². The SMILES string of the molecule is Oc1ccc(C(O)[C@@H]2CCCCN2)cc1O. The van der Waals surface area contributed by atoms with Crippen LogP contribution in [0, 0.1) is 0 Å². The molecule has 16 heavy (non-hydrogen) atoms. The quantitative estimate of drug-likeness (QED) is 0.570. The second-order valence-electron chi connectivity index (χ2n) is 4.25. The van der Waals surface area contributed by atoms with Gasteiger partial charge in [0.1, 0.15) is 0 Å². The Hall–Kier alpha value is -1.26. The van der Waals surface area contributed by atoms with Gasteiger partial charge in [0, 0.05) is 6.04 Å². The van der Waals surface area contributed by atoms with Crippen LogP contribution in [0.25, 0.3) is 0 Å². The van der Waals surface area contributed by atoms with Crippen molar-refractivity contribution >= 4 is 0 Å². The number of piperidine rings is 1. The molecule has 2 rings (SSSR count). The van der Waals surface area contributed by atoms with Crippen molar-refractivity contribution in [3.63, 3.8) is 0 Å². The number of hydrogen-bond donors (Lipinski definition) is 4. The Labute approximate surface area is 94.5 Å². The van der Waals surface area contributed by atoms with Crippen molar-refractivity contribution in [2.45, 2.75) is 31.4 Å². The second kappa shape index (κ2) is 4.72. The standard InChI is InChI=1S/C12H17NO3/c14-10-5-4-8(7-11(10)15)12(16)9-3-1-2-6-13-9/h4-5,7,9,12-16H,1-3,6H2/t9-,12?/m0/s1. The molecular formula is C12H17NO3. The van der Waals surface area contributed by atoms with Crippen LogP contribution in [0.15, 0.2) is 18.2 Å². The van der Waals surface area contributed by atoms with Crippen molar-refractivity contribution in [3.05, 3.63) is 23.8 Å². The molecule has 1 aliphatic heterocycles. The Bertz CT molecular complexity index is 361. The Morgan fingerprint density at radius 2 is 2.00 bits per heavy atom. The van der Waals surface area contributed by atoms with Crippen LogP contribution in [0.4, 0.5) is 0 Å². The minimum absolute atomic E-state index is 0.0395. The van der Waals surface area contributed by atoms with Gasteiger partial charge in [0.2, 0.25) is 0 Å². The van der Waals surface area contributed by atoms with Crippen LogP contribution in [0.1, 0.15) is 30.9 Å². The molecule has 1 fully saturated rings. The molecule has 2 atom stereocenters. The predicted octanol–water partition coefficient (Wildman–Crippen LogP) is 1.27. The Morgan fingerprint density at radius 1 is 1.19 bits per heavy atom. The highest BCUT2D eigenvalue weighted by molar-refractivity contribution is 5.41. The molecule has 4 nitrogen and oxygen atoms in total. The average Bonchev–Trinajstić information content (AvgIpc) is 2.33. The van der Waals surface area contributed by atoms with E-state index in [4.69, 9.17) is 0 Å². The number of benzene rings is 1. The third-order valence-corrected chi connectivity index (χ3v) is 3.07. The Kier molecular flexibility index (Phi) is 3.31. The highest BCUT2D eigenvalue weighted by Gasteiger charge is 2.23. The van der Waals surface area contributed by atoms with Gasteiger partial charge < -0.3 is 20.6 Å². The van der Waals surface area contributed by atoms with Crippen molar-refractivity contribution in [1.29, 1.82) is 0 Å². The topological polar surface area (TPSA) is 72.7 Å². The zero-order valence-corrected chi connectivity index (χ0v) is 9.06. The van der Waals surface area contributed by atoms with Crippen LogP contribution in [-0.4, -0.2) is 27.9 Å². The number of rotatable bonds is 2. The second-order valence-corrected chi connectivity index (χ2v) is 4.25. The van der Waals surface area contributed by atoms with Gasteiger partial charge in [0.25, 0.3) is 0 Å². The van der Waals surface area contributed by atoms with E-state index in [-0.39, 0.29) is 17.5 Å². The van der Waals surface area contributed by atoms with E-state index < -0.39 is 6.10 Å². The molecule has 4 heteroatoms. The van der Waals surface area contributed by atoms with Crippen LogP contribution in [0.2, 0.25) is 0 Å². The number of phenols is 2. The van der Waals surface area contributed by atoms with E-state index in [1.54, 1.807) is 6.07 Å². The average molecular weight is 223 g/mol. The fourth-order valence-electron chi connectivity index (χ4n) is 2.11. The molecule has 0 bridgehead atoms. The van der Waals surface area contributed by atoms with E-state index in [9.17, 15) is 15.3 Å². The van der Waals surface area contributed by atoms with Gasteiger partial charge >= 0.3 is 0 Å². The lowest BCUT2D eigenvalue weighted by atomic mass is 9.95. The number of phenolic OH excluding ortho intramolecular Hbond substituents is 2. The van der Waals surface area contributed by atoms with Gasteiger partial charge in [-0.1, -0.05) is 12.5 Å². The lowest BCUT2D eigenvalue weighted by Gasteiger charge is -2.28. The van der Waals surface area contributed by atoms with Crippen molar-refractivity contribution in [1.82, 2.24) is 5.32 Å². The van der Waals surface area contributed by atoms with Gasteiger partial charge in [-0.05, 0) is 37.1 Å². The summed E-state index contributed by atoms with van der Waals surface area (Å²) in [7, 11) is 0. The van der Waals surface area contributed by atoms with E-state index in [1.807, 2.05) is 0 Å². The molecule has 0 amide bonds. The number of nitrogens with one attached hydrogen (secondary N) is 1. The molecule has 0 saturated carbocycles. The first kappa shape index (κ1) is 11.2. The molecule has 1 aromatic rings. The first-order valence-electron chi connectivity index (χ1n) is 5.62. The minimum atomic E-state index is -0.633. The summed E-state index contributed by atoms with van der Waals surface area (Å²) in [5.41, 5.74) is 0.634. The summed E-state index contributed by atoms with van der Waals surface area (Å²) in [6.07, 6.45) is 2.55. The van der Waals surface area contributed by atoms with Crippen molar-refractivity contribution in [3.8, 4) is 11.5 Å². The molecule has 0 radical (unpaired) electrons. The normalized spacial score (nSPS) is 22.9. The summed E-state index contributed by atoms with van der Waals surface area (Å²) >= 11 is 0. The van der Waals surface area contributed by atoms with Gasteiger partial charge in [-0.2, -0.15) is 0 Å². The van der Waals surface area contributed by atoms with Crippen molar-refractivity contribution in [2.75, 3.05) is 6.54 Å². The third-order valence-electron chi connectivity index (χ3n) is 3.07. The first-order chi connectivity index (χ1) is 7.68. The summed E-state index contributed by atoms with van der Waals surface area (Å²) < 4.78 is 0. The van der Waals surface area contributed by atoms with Gasteiger partial charge in [-0.3, -0.25) is 0 Å². The van der Waals surface area contributed by atoms with Gasteiger partial charge in [-0.15, -0.1) is 0 Å². The Morgan fingerprint density at radius 3 is 2.62 bits per heavy atom. The lowest BCUT2D eigenvalue weighted by molar-refractivity contribution is 0.113. The predicted molar refractivity (Wildman–Crippen MR) is 60.4 cm³/mol. The van der Waals surface area contributed by atoms with Crippen LogP contribution in [0.3, 0.4) is 0 Å². The molecular weight excluding hydrogens is 206 g/mol. The van der Waals surface area contributed by atoms with Crippen LogP contribution < -0.4 is 5.32 Å². The van der Waals surface area contributed by atoms with Crippen LogP contribution in [0.5, 0.6) is 11.5 Å². The molecule has 1 heterocycles. The zero-order chi connectivity index (χ0) is 11.5. The summed E-state index contributed by atoms with van der Waals surface area (Å²) in [5, 5.41) is 31.9. The third kappa shape index (κ3) is 2.28. The van der Waals surface area contributed by atoms with Gasteiger partial charge in [0.15, 0.2) is 11.5 Å². The molecule has 0 aromatic heterocycles. The van der Waals surface area contributed by atoms with E-state index in [0.29, 0.717) is 5.56 Å². The first-order valence-corrected chi connectivity index (χ1v) is 5.62. The van der Waals surface area contributed by atoms with E-state index in [0.717, 1.165) is 25.8 Å².